The summed E-state index contributed by atoms with van der Waals surface area (Å²) in [7, 11) is 5.23. The summed E-state index contributed by atoms with van der Waals surface area (Å²) in [5.41, 5.74) is 0.466. The van der Waals surface area contributed by atoms with Crippen molar-refractivity contribution in [1.82, 2.24) is 0 Å². The van der Waals surface area contributed by atoms with Crippen molar-refractivity contribution < 1.29 is 38.1 Å². The monoisotopic (exact) mass is 438 g/mol. The molecule has 0 saturated carbocycles. The minimum Gasteiger partial charge on any atom is -0.493 e. The van der Waals surface area contributed by atoms with Gasteiger partial charge in [0.05, 0.1) is 28.4 Å². The van der Waals surface area contributed by atoms with E-state index in [1.54, 1.807) is 0 Å². The quantitative estimate of drug-likeness (QED) is 0.378. The first-order chi connectivity index (χ1) is 14.3. The highest BCUT2D eigenvalue weighted by Gasteiger charge is 2.35. The third-order valence-corrected chi connectivity index (χ3v) is 5.15. The van der Waals surface area contributed by atoms with Crippen molar-refractivity contribution in [3.05, 3.63) is 45.3 Å². The summed E-state index contributed by atoms with van der Waals surface area (Å²) >= 11 is 5.89. The van der Waals surface area contributed by atoms with Gasteiger partial charge < -0.3 is 18.9 Å². The molecule has 162 valence electrons. The molecule has 0 heterocycles. The molecule has 2 aliphatic rings. The summed E-state index contributed by atoms with van der Waals surface area (Å²) in [6.07, 6.45) is 3.42. The van der Waals surface area contributed by atoms with E-state index in [0.717, 1.165) is 6.08 Å². The molecule has 2 rings (SSSR count). The average molecular weight is 439 g/mol. The number of hydrogen-bond donors (Lipinski definition) is 0. The molecule has 0 fully saturated rings. The highest BCUT2D eigenvalue weighted by atomic mass is 35.5. The van der Waals surface area contributed by atoms with E-state index in [9.17, 15) is 19.2 Å². The van der Waals surface area contributed by atoms with Crippen LogP contribution in [-0.2, 0) is 38.1 Å². The number of methoxy groups -OCH3 is 4. The number of rotatable bonds is 10. The second-order valence-electron chi connectivity index (χ2n) is 6.50. The summed E-state index contributed by atoms with van der Waals surface area (Å²) in [5.74, 6) is -2.15. The number of carbonyl (C=O) groups is 4. The molecule has 0 unspecified atom stereocenters. The van der Waals surface area contributed by atoms with Gasteiger partial charge in [-0.3, -0.25) is 19.2 Å². The van der Waals surface area contributed by atoms with Crippen LogP contribution in [0.25, 0.3) is 0 Å². The van der Waals surface area contributed by atoms with Crippen molar-refractivity contribution in [3.8, 4) is 0 Å². The van der Waals surface area contributed by atoms with Crippen LogP contribution in [0, 0.1) is 0 Å². The van der Waals surface area contributed by atoms with Gasteiger partial charge in [-0.1, -0.05) is 18.0 Å². The fourth-order valence-corrected chi connectivity index (χ4v) is 3.59. The second kappa shape index (κ2) is 10.2. The SMILES string of the molecule is COC1=CC(=O)C(OC)=C(CCCCCC2=C(OC)C(=O)C(Cl)=C(OC)C2=O)C1=O. The van der Waals surface area contributed by atoms with E-state index < -0.39 is 17.3 Å². The Morgan fingerprint density at radius 2 is 1.20 bits per heavy atom. The molecule has 0 radical (unpaired) electrons. The molecule has 0 N–H and O–H groups in total. The largest absolute Gasteiger partial charge is 0.493 e. The maximum absolute atomic E-state index is 12.5. The standard InChI is InChI=1S/C21H23ClO8/c1-27-14-10-13(23)19(28-2)11(16(14)24)8-6-5-7-9-12-17(25)21(30-4)15(22)18(26)20(12)29-3/h10H,5-9H2,1-4H3. The van der Waals surface area contributed by atoms with Crippen molar-refractivity contribution in [3.63, 3.8) is 0 Å². The first-order valence-corrected chi connectivity index (χ1v) is 9.62. The van der Waals surface area contributed by atoms with Gasteiger partial charge in [0.2, 0.25) is 23.1 Å². The van der Waals surface area contributed by atoms with Gasteiger partial charge in [-0.25, -0.2) is 0 Å². The van der Waals surface area contributed by atoms with Crippen LogP contribution in [0.5, 0.6) is 0 Å². The highest BCUT2D eigenvalue weighted by molar-refractivity contribution is 6.48. The Balaban J connectivity index is 2.02. The predicted molar refractivity (Wildman–Crippen MR) is 106 cm³/mol. The molecule has 0 bridgehead atoms. The fourth-order valence-electron chi connectivity index (χ4n) is 3.34. The third kappa shape index (κ3) is 4.48. The average Bonchev–Trinajstić information content (AvgIpc) is 2.73. The van der Waals surface area contributed by atoms with E-state index in [1.807, 2.05) is 0 Å². The molecule has 0 spiro atoms. The van der Waals surface area contributed by atoms with Gasteiger partial charge in [0, 0.05) is 17.2 Å². The number of ketones is 4. The van der Waals surface area contributed by atoms with Crippen molar-refractivity contribution >= 4 is 34.7 Å². The fraction of sp³-hybridized carbons (Fsp3) is 0.429. The molecule has 0 atom stereocenters. The van der Waals surface area contributed by atoms with Gasteiger partial charge in [0.15, 0.2) is 23.0 Å². The molecule has 30 heavy (non-hydrogen) atoms. The lowest BCUT2D eigenvalue weighted by Gasteiger charge is -2.19. The van der Waals surface area contributed by atoms with Gasteiger partial charge in [-0.15, -0.1) is 0 Å². The molecule has 0 aromatic carbocycles. The van der Waals surface area contributed by atoms with Crippen molar-refractivity contribution in [2.75, 3.05) is 28.4 Å². The Hall–Kier alpha value is -2.87. The van der Waals surface area contributed by atoms with Gasteiger partial charge >= 0.3 is 0 Å². The van der Waals surface area contributed by atoms with Crippen LogP contribution in [0.1, 0.15) is 32.1 Å². The smallest absolute Gasteiger partial charge is 0.243 e. The molecule has 0 aromatic heterocycles. The lowest BCUT2D eigenvalue weighted by Crippen LogP contribution is -2.24. The van der Waals surface area contributed by atoms with Crippen molar-refractivity contribution in [1.29, 1.82) is 0 Å². The molecule has 8 nitrogen and oxygen atoms in total. The van der Waals surface area contributed by atoms with Gasteiger partial charge in [0.25, 0.3) is 0 Å². The maximum atomic E-state index is 12.5. The van der Waals surface area contributed by atoms with Gasteiger partial charge in [-0.2, -0.15) is 0 Å². The topological polar surface area (TPSA) is 105 Å². The third-order valence-electron chi connectivity index (χ3n) is 4.80. The summed E-state index contributed by atoms with van der Waals surface area (Å²) in [6.45, 7) is 0. The van der Waals surface area contributed by atoms with E-state index in [4.69, 9.17) is 30.5 Å². The van der Waals surface area contributed by atoms with Crippen LogP contribution in [0.15, 0.2) is 45.3 Å². The number of hydrogen-bond acceptors (Lipinski definition) is 8. The number of unbranched alkanes of at least 4 members (excludes halogenated alkanes) is 2. The number of allylic oxidation sites excluding steroid dienone is 4. The Labute approximate surface area is 179 Å². The van der Waals surface area contributed by atoms with E-state index in [1.165, 1.54) is 28.4 Å². The molecule has 2 aliphatic carbocycles. The predicted octanol–water partition coefficient (Wildman–Crippen LogP) is 2.67. The zero-order valence-corrected chi connectivity index (χ0v) is 18.0. The van der Waals surface area contributed by atoms with Crippen LogP contribution in [0.2, 0.25) is 0 Å². The van der Waals surface area contributed by atoms with E-state index in [2.05, 4.69) is 0 Å². The summed E-state index contributed by atoms with van der Waals surface area (Å²) in [4.78, 5) is 49.3. The summed E-state index contributed by atoms with van der Waals surface area (Å²) < 4.78 is 20.1. The van der Waals surface area contributed by atoms with Crippen LogP contribution >= 0.6 is 11.6 Å². The highest BCUT2D eigenvalue weighted by Crippen LogP contribution is 2.31. The summed E-state index contributed by atoms with van der Waals surface area (Å²) in [5, 5.41) is -0.301. The van der Waals surface area contributed by atoms with Crippen molar-refractivity contribution in [2.24, 2.45) is 0 Å². The molecular formula is C21H23ClO8. The zero-order valence-electron chi connectivity index (χ0n) is 17.3. The molecule has 0 saturated heterocycles. The number of carbonyl (C=O) groups excluding carboxylic acids is 4. The van der Waals surface area contributed by atoms with E-state index >= 15 is 0 Å². The van der Waals surface area contributed by atoms with Crippen molar-refractivity contribution in [2.45, 2.75) is 32.1 Å². The molecule has 9 heteroatoms. The van der Waals surface area contributed by atoms with Crippen LogP contribution in [0.4, 0.5) is 0 Å². The van der Waals surface area contributed by atoms with Gasteiger partial charge in [0.1, 0.15) is 5.03 Å². The Morgan fingerprint density at radius 1 is 0.667 bits per heavy atom. The second-order valence-corrected chi connectivity index (χ2v) is 6.87. The first-order valence-electron chi connectivity index (χ1n) is 9.24. The Bertz CT molecular complexity index is 904. The summed E-state index contributed by atoms with van der Waals surface area (Å²) in [6, 6.07) is 0. The molecule has 0 aliphatic heterocycles. The molecule has 0 amide bonds. The van der Waals surface area contributed by atoms with E-state index in [-0.39, 0.29) is 51.4 Å². The normalized spacial score (nSPS) is 17.6. The number of halogens is 1. The van der Waals surface area contributed by atoms with Crippen LogP contribution in [0.3, 0.4) is 0 Å². The lowest BCUT2D eigenvalue weighted by atomic mass is 9.92. The van der Waals surface area contributed by atoms with Crippen LogP contribution in [-0.4, -0.2) is 51.6 Å². The number of ether oxygens (including phenoxy) is 4. The lowest BCUT2D eigenvalue weighted by molar-refractivity contribution is -0.120. The van der Waals surface area contributed by atoms with Gasteiger partial charge in [-0.05, 0) is 25.7 Å². The number of Topliss-reactive ketones (excluding diaryl/α,β-unsaturated/α-hetero) is 3. The Kier molecular flexibility index (Phi) is 8.00. The minimum atomic E-state index is -0.592. The van der Waals surface area contributed by atoms with E-state index in [0.29, 0.717) is 25.7 Å². The maximum Gasteiger partial charge on any atom is 0.243 e. The molecule has 0 aromatic rings. The first kappa shape index (κ1) is 23.4. The zero-order chi connectivity index (χ0) is 22.4. The van der Waals surface area contributed by atoms with Crippen LogP contribution < -0.4 is 0 Å². The Morgan fingerprint density at radius 3 is 1.70 bits per heavy atom. The molecular weight excluding hydrogens is 416 g/mol. The minimum absolute atomic E-state index is 0.0164.